The van der Waals surface area contributed by atoms with Crippen molar-refractivity contribution in [3.63, 3.8) is 0 Å². The lowest BCUT2D eigenvalue weighted by Crippen LogP contribution is -2.40. The molecule has 1 amide bonds. The van der Waals surface area contributed by atoms with Crippen molar-refractivity contribution in [1.82, 2.24) is 40.1 Å². The van der Waals surface area contributed by atoms with Crippen LogP contribution in [0.15, 0.2) is 59.4 Å². The standard InChI is InChI=1S/C18H18N8O2/c1-13(11-25-18(28)26(23-22-25)14-7-3-2-4-8-14)19-17(27)12-24-16-10-6-5-9-15(16)20-21-24/h2-10,13H,11-12H2,1H3,(H,19,27)/t13-/m0/s1. The third kappa shape index (κ3) is 3.52. The Morgan fingerprint density at radius 2 is 1.75 bits per heavy atom. The highest BCUT2D eigenvalue weighted by Gasteiger charge is 2.15. The molecule has 0 bridgehead atoms. The Bertz CT molecular complexity index is 1160. The zero-order chi connectivity index (χ0) is 19.5. The van der Waals surface area contributed by atoms with Crippen LogP contribution in [-0.4, -0.2) is 46.7 Å². The molecule has 10 heteroatoms. The van der Waals surface area contributed by atoms with Crippen molar-refractivity contribution in [2.24, 2.45) is 0 Å². The second-order valence-electron chi connectivity index (χ2n) is 6.40. The number of hydrogen-bond acceptors (Lipinski definition) is 6. The highest BCUT2D eigenvalue weighted by Crippen LogP contribution is 2.09. The van der Waals surface area contributed by atoms with Gasteiger partial charge in [0.15, 0.2) is 0 Å². The summed E-state index contributed by atoms with van der Waals surface area (Å²) in [7, 11) is 0. The maximum Gasteiger partial charge on any atom is 0.368 e. The number of rotatable bonds is 6. The van der Waals surface area contributed by atoms with Crippen LogP contribution in [0, 0.1) is 0 Å². The van der Waals surface area contributed by atoms with Gasteiger partial charge in [-0.15, -0.1) is 5.10 Å². The number of hydrogen-bond donors (Lipinski definition) is 1. The lowest BCUT2D eigenvalue weighted by atomic mass is 10.3. The van der Waals surface area contributed by atoms with Crippen molar-refractivity contribution in [2.75, 3.05) is 0 Å². The lowest BCUT2D eigenvalue weighted by molar-refractivity contribution is -0.122. The first-order valence-electron chi connectivity index (χ1n) is 8.77. The van der Waals surface area contributed by atoms with Crippen molar-refractivity contribution in [2.45, 2.75) is 26.1 Å². The van der Waals surface area contributed by atoms with Gasteiger partial charge >= 0.3 is 5.69 Å². The Morgan fingerprint density at radius 1 is 1.00 bits per heavy atom. The second-order valence-corrected chi connectivity index (χ2v) is 6.40. The topological polar surface area (TPSA) is 113 Å². The molecule has 0 saturated carbocycles. The van der Waals surface area contributed by atoms with Gasteiger partial charge in [0, 0.05) is 6.04 Å². The van der Waals surface area contributed by atoms with E-state index in [2.05, 4.69) is 26.1 Å². The first kappa shape index (κ1) is 17.6. The van der Waals surface area contributed by atoms with Crippen molar-refractivity contribution in [3.05, 3.63) is 65.1 Å². The van der Waals surface area contributed by atoms with Crippen molar-refractivity contribution in [3.8, 4) is 5.69 Å². The van der Waals surface area contributed by atoms with E-state index < -0.39 is 0 Å². The zero-order valence-corrected chi connectivity index (χ0v) is 15.1. The molecule has 0 fully saturated rings. The van der Waals surface area contributed by atoms with E-state index in [4.69, 9.17) is 0 Å². The minimum absolute atomic E-state index is 0.0382. The molecule has 0 saturated heterocycles. The highest BCUT2D eigenvalue weighted by molar-refractivity contribution is 5.79. The number of benzene rings is 2. The summed E-state index contributed by atoms with van der Waals surface area (Å²) in [5.74, 6) is -0.230. The minimum atomic E-state index is -0.366. The average molecular weight is 378 g/mol. The van der Waals surface area contributed by atoms with E-state index in [9.17, 15) is 9.59 Å². The summed E-state index contributed by atoms with van der Waals surface area (Å²) in [5.41, 5.74) is 1.78. The largest absolute Gasteiger partial charge is 0.368 e. The second kappa shape index (κ2) is 7.43. The molecule has 4 rings (SSSR count). The lowest BCUT2D eigenvalue weighted by Gasteiger charge is -2.13. The third-order valence-electron chi connectivity index (χ3n) is 4.21. The van der Waals surface area contributed by atoms with Crippen LogP contribution in [0.5, 0.6) is 0 Å². The van der Waals surface area contributed by atoms with Crippen molar-refractivity contribution in [1.29, 1.82) is 0 Å². The molecule has 0 aliphatic heterocycles. The van der Waals surface area contributed by atoms with Gasteiger partial charge in [-0.25, -0.2) is 9.48 Å². The molecule has 0 spiro atoms. The van der Waals surface area contributed by atoms with Crippen molar-refractivity contribution < 1.29 is 4.79 Å². The van der Waals surface area contributed by atoms with Crippen LogP contribution in [0.25, 0.3) is 16.7 Å². The number of aromatic nitrogens is 7. The van der Waals surface area contributed by atoms with Gasteiger partial charge in [-0.2, -0.15) is 9.36 Å². The van der Waals surface area contributed by atoms with Crippen LogP contribution < -0.4 is 11.0 Å². The van der Waals surface area contributed by atoms with Crippen LogP contribution in [0.1, 0.15) is 6.92 Å². The summed E-state index contributed by atoms with van der Waals surface area (Å²) in [4.78, 5) is 24.8. The summed E-state index contributed by atoms with van der Waals surface area (Å²) in [6.45, 7) is 2.04. The zero-order valence-electron chi connectivity index (χ0n) is 15.1. The molecule has 1 N–H and O–H groups in total. The fraction of sp³-hybridized carbons (Fsp3) is 0.222. The van der Waals surface area contributed by atoms with E-state index >= 15 is 0 Å². The molecule has 0 radical (unpaired) electrons. The smallest absolute Gasteiger partial charge is 0.350 e. The number of nitrogens with one attached hydrogen (secondary N) is 1. The van der Waals surface area contributed by atoms with Crippen LogP contribution in [0.3, 0.4) is 0 Å². The van der Waals surface area contributed by atoms with E-state index in [-0.39, 0.29) is 30.7 Å². The van der Waals surface area contributed by atoms with E-state index in [1.165, 1.54) is 14.0 Å². The molecular weight excluding hydrogens is 360 g/mol. The molecule has 0 unspecified atom stereocenters. The van der Waals surface area contributed by atoms with Crippen molar-refractivity contribution >= 4 is 16.9 Å². The average Bonchev–Trinajstić information content (AvgIpc) is 3.26. The number of para-hydroxylation sites is 2. The number of fused-ring (bicyclic) bond motifs is 1. The van der Waals surface area contributed by atoms with Crippen LogP contribution in [0.4, 0.5) is 0 Å². The van der Waals surface area contributed by atoms with Gasteiger partial charge in [-0.3, -0.25) is 4.79 Å². The maximum absolute atomic E-state index is 12.5. The Kier molecular flexibility index (Phi) is 4.67. The van der Waals surface area contributed by atoms with Gasteiger partial charge in [-0.05, 0) is 41.6 Å². The molecule has 2 aromatic carbocycles. The van der Waals surface area contributed by atoms with E-state index in [1.54, 1.807) is 19.1 Å². The van der Waals surface area contributed by atoms with Gasteiger partial charge in [0.1, 0.15) is 12.1 Å². The van der Waals surface area contributed by atoms with Crippen LogP contribution >= 0.6 is 0 Å². The van der Waals surface area contributed by atoms with Gasteiger partial charge in [0.05, 0.1) is 17.7 Å². The number of amides is 1. The molecule has 10 nitrogen and oxygen atoms in total. The summed E-state index contributed by atoms with van der Waals surface area (Å²) in [5, 5.41) is 18.7. The number of carbonyl (C=O) groups is 1. The predicted molar refractivity (Wildman–Crippen MR) is 101 cm³/mol. The Balaban J connectivity index is 1.41. The Morgan fingerprint density at radius 3 is 2.57 bits per heavy atom. The number of carbonyl (C=O) groups excluding carboxylic acids is 1. The van der Waals surface area contributed by atoms with Crippen LogP contribution in [0.2, 0.25) is 0 Å². The van der Waals surface area contributed by atoms with Gasteiger partial charge in [0.2, 0.25) is 5.91 Å². The highest BCUT2D eigenvalue weighted by atomic mass is 16.2. The summed E-state index contributed by atoms with van der Waals surface area (Å²) >= 11 is 0. The molecular formula is C18H18N8O2. The van der Waals surface area contributed by atoms with Gasteiger partial charge in [0.25, 0.3) is 0 Å². The molecule has 28 heavy (non-hydrogen) atoms. The van der Waals surface area contributed by atoms with Crippen LogP contribution in [-0.2, 0) is 17.9 Å². The maximum atomic E-state index is 12.5. The molecule has 1 atom stereocenters. The first-order chi connectivity index (χ1) is 13.6. The summed E-state index contributed by atoms with van der Waals surface area (Å²) in [6.07, 6.45) is 0. The molecule has 2 heterocycles. The Labute approximate surface area is 159 Å². The molecule has 4 aromatic rings. The number of nitrogens with zero attached hydrogens (tertiary/aromatic N) is 7. The third-order valence-corrected chi connectivity index (χ3v) is 4.21. The summed E-state index contributed by atoms with van der Waals surface area (Å²) in [6, 6.07) is 16.1. The SMILES string of the molecule is C[C@@H](Cn1nnn(-c2ccccc2)c1=O)NC(=O)Cn1nnc2ccccc21. The molecule has 2 aromatic heterocycles. The predicted octanol–water partition coefficient (Wildman–Crippen LogP) is 0.379. The molecule has 142 valence electrons. The minimum Gasteiger partial charge on any atom is -0.350 e. The van der Waals surface area contributed by atoms with E-state index in [1.807, 2.05) is 42.5 Å². The Hall–Kier alpha value is -3.82. The quantitative estimate of drug-likeness (QED) is 0.519. The molecule has 0 aliphatic carbocycles. The monoisotopic (exact) mass is 378 g/mol. The van der Waals surface area contributed by atoms with Gasteiger partial charge < -0.3 is 5.32 Å². The molecule has 0 aliphatic rings. The van der Waals surface area contributed by atoms with E-state index in [0.717, 1.165) is 11.0 Å². The van der Waals surface area contributed by atoms with E-state index in [0.29, 0.717) is 5.69 Å². The first-order valence-corrected chi connectivity index (χ1v) is 8.77. The fourth-order valence-electron chi connectivity index (χ4n) is 2.92. The normalized spacial score (nSPS) is 12.2. The number of tetrazole rings is 1. The fourth-order valence-corrected chi connectivity index (χ4v) is 2.92. The summed E-state index contributed by atoms with van der Waals surface area (Å²) < 4.78 is 3.98. The van der Waals surface area contributed by atoms with Gasteiger partial charge in [-0.1, -0.05) is 35.5 Å².